The molecule has 0 aliphatic carbocycles. The Morgan fingerprint density at radius 3 is 2.83 bits per heavy atom. The lowest BCUT2D eigenvalue weighted by molar-refractivity contribution is 0.0841. The van der Waals surface area contributed by atoms with Crippen LogP contribution in [-0.2, 0) is 4.74 Å². The Morgan fingerprint density at radius 1 is 1.08 bits per heavy atom. The van der Waals surface area contributed by atoms with Gasteiger partial charge in [-0.1, -0.05) is 29.8 Å². The molecule has 2 aliphatic rings. The third-order valence-electron chi connectivity index (χ3n) is 5.22. The van der Waals surface area contributed by atoms with Crippen LogP contribution in [0.3, 0.4) is 0 Å². The van der Waals surface area contributed by atoms with E-state index in [1.165, 1.54) is 16.5 Å². The molecule has 120 valence electrons. The first-order valence-corrected chi connectivity index (χ1v) is 8.70. The molecular weight excluding hydrogens is 320 g/mol. The zero-order chi connectivity index (χ0) is 16.1. The van der Waals surface area contributed by atoms with Gasteiger partial charge in [0.15, 0.2) is 0 Å². The summed E-state index contributed by atoms with van der Waals surface area (Å²) in [6, 6.07) is 16.7. The Kier molecular flexibility index (Phi) is 3.25. The van der Waals surface area contributed by atoms with Crippen LogP contribution < -0.4 is 5.32 Å². The molecule has 1 fully saturated rings. The van der Waals surface area contributed by atoms with Crippen LogP contribution in [0.4, 0.5) is 5.69 Å². The van der Waals surface area contributed by atoms with Crippen LogP contribution in [0.1, 0.15) is 29.7 Å². The molecule has 24 heavy (non-hydrogen) atoms. The number of pyridine rings is 1. The van der Waals surface area contributed by atoms with Crippen LogP contribution in [0.25, 0.3) is 10.9 Å². The first kappa shape index (κ1) is 14.3. The first-order valence-electron chi connectivity index (χ1n) is 8.32. The number of hydrogen-bond donors (Lipinski definition) is 1. The van der Waals surface area contributed by atoms with E-state index in [2.05, 4.69) is 40.6 Å². The number of nitrogens with one attached hydrogen (secondary N) is 1. The zero-order valence-corrected chi connectivity index (χ0v) is 13.8. The summed E-state index contributed by atoms with van der Waals surface area (Å²) >= 11 is 6.06. The van der Waals surface area contributed by atoms with Gasteiger partial charge in [-0.2, -0.15) is 0 Å². The molecule has 0 saturated carbocycles. The van der Waals surface area contributed by atoms with Crippen LogP contribution in [0.15, 0.2) is 54.7 Å². The molecule has 3 heterocycles. The first-order chi connectivity index (χ1) is 11.8. The molecule has 1 saturated heterocycles. The Hall–Kier alpha value is -2.10. The van der Waals surface area contributed by atoms with E-state index in [0.717, 1.165) is 29.3 Å². The van der Waals surface area contributed by atoms with Gasteiger partial charge in [-0.3, -0.25) is 4.98 Å². The van der Waals surface area contributed by atoms with Crippen molar-refractivity contribution in [3.05, 3.63) is 70.9 Å². The zero-order valence-electron chi connectivity index (χ0n) is 13.1. The second-order valence-corrected chi connectivity index (χ2v) is 6.95. The largest absolute Gasteiger partial charge is 0.378 e. The van der Waals surface area contributed by atoms with Crippen molar-refractivity contribution < 1.29 is 4.74 Å². The molecule has 4 heteroatoms. The van der Waals surface area contributed by atoms with Gasteiger partial charge >= 0.3 is 0 Å². The van der Waals surface area contributed by atoms with E-state index in [9.17, 15) is 0 Å². The van der Waals surface area contributed by atoms with Crippen LogP contribution in [-0.4, -0.2) is 11.6 Å². The molecule has 2 aromatic carbocycles. The lowest BCUT2D eigenvalue weighted by Gasteiger charge is -2.37. The van der Waals surface area contributed by atoms with Gasteiger partial charge in [0, 0.05) is 40.4 Å². The third-order valence-corrected chi connectivity index (χ3v) is 5.47. The number of aromatic nitrogens is 1. The van der Waals surface area contributed by atoms with Gasteiger partial charge in [0.25, 0.3) is 0 Å². The van der Waals surface area contributed by atoms with Crippen LogP contribution >= 0.6 is 11.6 Å². The minimum atomic E-state index is 0.120. The van der Waals surface area contributed by atoms with Gasteiger partial charge in [-0.05, 0) is 42.3 Å². The predicted octanol–water partition coefficient (Wildman–Crippen LogP) is 5.13. The Labute approximate surface area is 145 Å². The summed E-state index contributed by atoms with van der Waals surface area (Å²) < 4.78 is 6.17. The number of ether oxygens (including phenoxy) is 1. The van der Waals surface area contributed by atoms with Crippen molar-refractivity contribution in [3.63, 3.8) is 0 Å². The molecule has 3 atom stereocenters. The fraction of sp³-hybridized carbons (Fsp3) is 0.250. The summed E-state index contributed by atoms with van der Waals surface area (Å²) in [4.78, 5) is 4.49. The number of nitrogens with zero attached hydrogens (tertiary/aromatic N) is 1. The number of fused-ring (bicyclic) bond motifs is 5. The van der Waals surface area contributed by atoms with E-state index >= 15 is 0 Å². The molecule has 0 bridgehead atoms. The van der Waals surface area contributed by atoms with E-state index in [1.807, 2.05) is 24.4 Å². The topological polar surface area (TPSA) is 34.2 Å². The van der Waals surface area contributed by atoms with E-state index in [0.29, 0.717) is 5.92 Å². The minimum Gasteiger partial charge on any atom is -0.378 e. The van der Waals surface area contributed by atoms with E-state index in [4.69, 9.17) is 16.3 Å². The van der Waals surface area contributed by atoms with Crippen molar-refractivity contribution in [1.29, 1.82) is 0 Å². The number of rotatable bonds is 1. The Balaban J connectivity index is 1.66. The maximum absolute atomic E-state index is 6.17. The molecule has 0 radical (unpaired) electrons. The van der Waals surface area contributed by atoms with Gasteiger partial charge in [0.05, 0.1) is 17.7 Å². The van der Waals surface area contributed by atoms with Gasteiger partial charge in [0.2, 0.25) is 0 Å². The molecule has 3 aromatic rings. The lowest BCUT2D eigenvalue weighted by Crippen LogP contribution is -2.29. The molecule has 5 rings (SSSR count). The molecule has 3 nitrogen and oxygen atoms in total. The number of benzene rings is 2. The average molecular weight is 337 g/mol. The van der Waals surface area contributed by atoms with Gasteiger partial charge in [0.1, 0.15) is 0 Å². The summed E-state index contributed by atoms with van der Waals surface area (Å²) in [5.74, 6) is 0.421. The maximum Gasteiger partial charge on any atom is 0.0903 e. The predicted molar refractivity (Wildman–Crippen MR) is 96.4 cm³/mol. The van der Waals surface area contributed by atoms with Crippen molar-refractivity contribution in [2.24, 2.45) is 5.92 Å². The number of hydrogen-bond acceptors (Lipinski definition) is 3. The van der Waals surface area contributed by atoms with Gasteiger partial charge in [-0.25, -0.2) is 0 Å². The quantitative estimate of drug-likeness (QED) is 0.668. The molecule has 0 amide bonds. The highest BCUT2D eigenvalue weighted by Crippen LogP contribution is 2.51. The summed E-state index contributed by atoms with van der Waals surface area (Å²) in [7, 11) is 0. The smallest absolute Gasteiger partial charge is 0.0903 e. The molecule has 1 aromatic heterocycles. The minimum absolute atomic E-state index is 0.120. The van der Waals surface area contributed by atoms with Crippen LogP contribution in [0.5, 0.6) is 0 Å². The number of halogens is 1. The molecule has 1 N–H and O–H groups in total. The second-order valence-electron chi connectivity index (χ2n) is 6.51. The Morgan fingerprint density at radius 2 is 1.96 bits per heavy atom. The fourth-order valence-corrected chi connectivity index (χ4v) is 4.25. The maximum atomic E-state index is 6.17. The van der Waals surface area contributed by atoms with Crippen molar-refractivity contribution in [2.45, 2.75) is 18.6 Å². The standard InChI is InChI=1S/C20H17ClN2O/c21-13-5-3-12(4-6-13)19-15-9-11-24-20(15)18-14-2-1-10-22-16(14)7-8-17(18)23-19/h1-8,10,15,19-20,23H,9,11H2/t15-,19?,20-/m1/s1. The van der Waals surface area contributed by atoms with Gasteiger partial charge in [-0.15, -0.1) is 0 Å². The van der Waals surface area contributed by atoms with Gasteiger partial charge < -0.3 is 10.1 Å². The summed E-state index contributed by atoms with van der Waals surface area (Å²) in [6.07, 6.45) is 3.02. The summed E-state index contributed by atoms with van der Waals surface area (Å²) in [5, 5.41) is 5.70. The van der Waals surface area contributed by atoms with Crippen molar-refractivity contribution in [3.8, 4) is 0 Å². The Bertz CT molecular complexity index is 909. The van der Waals surface area contributed by atoms with E-state index < -0.39 is 0 Å². The second kappa shape index (κ2) is 5.47. The molecule has 0 spiro atoms. The van der Waals surface area contributed by atoms with Crippen molar-refractivity contribution in [1.82, 2.24) is 4.98 Å². The van der Waals surface area contributed by atoms with E-state index in [1.54, 1.807) is 0 Å². The van der Waals surface area contributed by atoms with E-state index in [-0.39, 0.29) is 12.1 Å². The highest BCUT2D eigenvalue weighted by atomic mass is 35.5. The highest BCUT2D eigenvalue weighted by molar-refractivity contribution is 6.30. The number of anilines is 1. The highest BCUT2D eigenvalue weighted by Gasteiger charge is 2.42. The molecular formula is C20H17ClN2O. The molecule has 1 unspecified atom stereocenters. The molecule has 2 aliphatic heterocycles. The summed E-state index contributed by atoms with van der Waals surface area (Å²) in [6.45, 7) is 0.803. The summed E-state index contributed by atoms with van der Waals surface area (Å²) in [5.41, 5.74) is 4.70. The lowest BCUT2D eigenvalue weighted by atomic mass is 9.80. The van der Waals surface area contributed by atoms with Crippen LogP contribution in [0, 0.1) is 5.92 Å². The third kappa shape index (κ3) is 2.12. The monoisotopic (exact) mass is 336 g/mol. The average Bonchev–Trinajstić information content (AvgIpc) is 3.11. The van der Waals surface area contributed by atoms with Crippen molar-refractivity contribution in [2.75, 3.05) is 11.9 Å². The van der Waals surface area contributed by atoms with Crippen molar-refractivity contribution >= 4 is 28.2 Å². The fourth-order valence-electron chi connectivity index (χ4n) is 4.13. The normalized spacial score (nSPS) is 25.1. The van der Waals surface area contributed by atoms with Crippen LogP contribution in [0.2, 0.25) is 5.02 Å². The SMILES string of the molecule is Clc1ccc(C2Nc3ccc4ncccc4c3[C@@H]3OCC[C@H]23)cc1.